The van der Waals surface area contributed by atoms with E-state index in [1.165, 1.54) is 0 Å². The molecule has 0 radical (unpaired) electrons. The van der Waals surface area contributed by atoms with Gasteiger partial charge in [0.25, 0.3) is 0 Å². The monoisotopic (exact) mass is 674 g/mol. The number of carbonyl (C=O) groups is 2. The van der Waals surface area contributed by atoms with Crippen molar-refractivity contribution in [2.75, 3.05) is 0 Å². The summed E-state index contributed by atoms with van der Waals surface area (Å²) in [5.74, 6) is -1.03. The Hall–Kier alpha value is -6.26. The fraction of sp³-hybridized carbons (Fsp3) is 0.125. The topological polar surface area (TPSA) is 65.7 Å². The maximum atomic E-state index is 15.4. The van der Waals surface area contributed by atoms with Crippen molar-refractivity contribution >= 4 is 33.4 Å². The van der Waals surface area contributed by atoms with Gasteiger partial charge in [0.1, 0.15) is 0 Å². The van der Waals surface area contributed by atoms with Gasteiger partial charge in [0.15, 0.2) is 11.6 Å². The van der Waals surface area contributed by atoms with Gasteiger partial charge in [-0.3, -0.25) is 9.59 Å². The van der Waals surface area contributed by atoms with Crippen LogP contribution in [0.4, 0.5) is 0 Å². The van der Waals surface area contributed by atoms with Gasteiger partial charge in [0, 0.05) is 57.2 Å². The second-order valence-electron chi connectivity index (χ2n) is 14.2. The second-order valence-corrected chi connectivity index (χ2v) is 14.2. The number of fused-ring (bicyclic) bond motifs is 5. The van der Waals surface area contributed by atoms with Crippen molar-refractivity contribution in [3.63, 3.8) is 0 Å². The van der Waals surface area contributed by atoms with Crippen molar-refractivity contribution in [1.82, 2.24) is 9.97 Å². The number of ketones is 2. The van der Waals surface area contributed by atoms with E-state index in [-0.39, 0.29) is 23.9 Å². The SMILES string of the molecule is Cc1ccc(C(=O)C2c3ccccc3C(c3c[nH]c4ccccc34)c3[nH]c4ccccc4c3C2c2ccc(C)cc2CC(=O)c2ccccc2)cc1. The summed E-state index contributed by atoms with van der Waals surface area (Å²) in [7, 11) is 0. The van der Waals surface area contributed by atoms with Crippen LogP contribution in [-0.2, 0) is 6.42 Å². The van der Waals surface area contributed by atoms with Gasteiger partial charge in [-0.1, -0.05) is 145 Å². The third-order valence-electron chi connectivity index (χ3n) is 11.0. The van der Waals surface area contributed by atoms with Gasteiger partial charge in [0.2, 0.25) is 0 Å². The van der Waals surface area contributed by atoms with Crippen molar-refractivity contribution in [2.45, 2.75) is 38.0 Å². The molecule has 0 aliphatic heterocycles. The first-order chi connectivity index (χ1) is 25.5. The molecule has 0 bridgehead atoms. The van der Waals surface area contributed by atoms with Crippen LogP contribution in [0.5, 0.6) is 0 Å². The molecule has 0 saturated carbocycles. The van der Waals surface area contributed by atoms with Crippen molar-refractivity contribution in [3.8, 4) is 0 Å². The lowest BCUT2D eigenvalue weighted by molar-refractivity contribution is 0.0951. The minimum absolute atomic E-state index is 0.0544. The van der Waals surface area contributed by atoms with Crippen LogP contribution in [0.2, 0.25) is 0 Å². The number of aryl methyl sites for hydroxylation is 2. The average Bonchev–Trinajstić information content (AvgIpc) is 3.74. The number of para-hydroxylation sites is 2. The van der Waals surface area contributed by atoms with Crippen molar-refractivity contribution in [3.05, 3.63) is 213 Å². The third-order valence-corrected chi connectivity index (χ3v) is 11.0. The largest absolute Gasteiger partial charge is 0.361 e. The molecule has 0 fully saturated rings. The molecule has 3 unspecified atom stereocenters. The molecule has 9 rings (SSSR count). The van der Waals surface area contributed by atoms with E-state index in [1.807, 2.05) is 61.5 Å². The van der Waals surface area contributed by atoms with Crippen LogP contribution in [0, 0.1) is 13.8 Å². The number of hydrogen-bond acceptors (Lipinski definition) is 2. The quantitative estimate of drug-likeness (QED) is 0.165. The molecule has 2 heterocycles. The van der Waals surface area contributed by atoms with E-state index < -0.39 is 11.8 Å². The molecule has 8 aromatic rings. The van der Waals surface area contributed by atoms with Gasteiger partial charge in [0.05, 0.1) is 11.8 Å². The summed E-state index contributed by atoms with van der Waals surface area (Å²) < 4.78 is 0. The number of nitrogens with one attached hydrogen (secondary N) is 2. The van der Waals surface area contributed by atoms with Gasteiger partial charge < -0.3 is 9.97 Å². The lowest BCUT2D eigenvalue weighted by atomic mass is 9.72. The highest BCUT2D eigenvalue weighted by atomic mass is 16.1. The fourth-order valence-corrected chi connectivity index (χ4v) is 8.58. The molecule has 3 atom stereocenters. The fourth-order valence-electron chi connectivity index (χ4n) is 8.58. The molecule has 0 spiro atoms. The van der Waals surface area contributed by atoms with Crippen LogP contribution in [-0.4, -0.2) is 21.5 Å². The molecule has 1 aliphatic rings. The van der Waals surface area contributed by atoms with Crippen LogP contribution in [0.25, 0.3) is 21.8 Å². The van der Waals surface area contributed by atoms with E-state index in [9.17, 15) is 4.79 Å². The second kappa shape index (κ2) is 12.8. The average molecular weight is 675 g/mol. The van der Waals surface area contributed by atoms with E-state index in [0.29, 0.717) is 11.1 Å². The predicted molar refractivity (Wildman–Crippen MR) is 210 cm³/mol. The Kier molecular flexibility index (Phi) is 7.81. The highest BCUT2D eigenvalue weighted by Gasteiger charge is 2.44. The first-order valence-corrected chi connectivity index (χ1v) is 18.0. The minimum atomic E-state index is -0.569. The van der Waals surface area contributed by atoms with Gasteiger partial charge in [-0.25, -0.2) is 0 Å². The van der Waals surface area contributed by atoms with Crippen LogP contribution in [0.1, 0.15) is 88.7 Å². The number of benzene rings is 6. The van der Waals surface area contributed by atoms with E-state index in [2.05, 4.69) is 114 Å². The zero-order valence-electron chi connectivity index (χ0n) is 29.2. The molecular weight excluding hydrogens is 637 g/mol. The van der Waals surface area contributed by atoms with Gasteiger partial charge in [-0.05, 0) is 59.4 Å². The van der Waals surface area contributed by atoms with E-state index in [4.69, 9.17) is 0 Å². The Balaban J connectivity index is 1.38. The van der Waals surface area contributed by atoms with Crippen molar-refractivity contribution in [1.29, 1.82) is 0 Å². The Morgan fingerprint density at radius 3 is 2.02 bits per heavy atom. The number of hydrogen-bond donors (Lipinski definition) is 2. The van der Waals surface area contributed by atoms with Gasteiger partial charge in [-0.15, -0.1) is 0 Å². The molecule has 52 heavy (non-hydrogen) atoms. The van der Waals surface area contributed by atoms with E-state index in [0.717, 1.165) is 72.0 Å². The molecule has 2 N–H and O–H groups in total. The normalized spacial score (nSPS) is 16.7. The molecule has 6 aromatic carbocycles. The summed E-state index contributed by atoms with van der Waals surface area (Å²) >= 11 is 0. The lowest BCUT2D eigenvalue weighted by Gasteiger charge is -2.29. The van der Waals surface area contributed by atoms with Crippen LogP contribution < -0.4 is 0 Å². The number of rotatable bonds is 7. The molecule has 0 saturated heterocycles. The standard InChI is InChI=1S/C48H38N2O2/c1-29-20-23-32(24-21-29)48(52)46-37-16-7-6-15-36(37)43(39-28-49-40-18-10-8-14-35(39)40)47-45(38-17-9-11-19-41(38)50-47)44(46)34-25-22-30(2)26-33(34)27-42(51)31-12-4-3-5-13-31/h3-26,28,43-44,46,49-50H,27H2,1-2H3. The van der Waals surface area contributed by atoms with Crippen molar-refractivity contribution in [2.24, 2.45) is 0 Å². The van der Waals surface area contributed by atoms with E-state index >= 15 is 4.79 Å². The number of carbonyl (C=O) groups excluding carboxylic acids is 2. The summed E-state index contributed by atoms with van der Waals surface area (Å²) in [6.45, 7) is 4.12. The number of aromatic nitrogens is 2. The van der Waals surface area contributed by atoms with E-state index in [1.54, 1.807) is 0 Å². The number of aromatic amines is 2. The van der Waals surface area contributed by atoms with Crippen LogP contribution in [0.15, 0.2) is 152 Å². The Labute approximate surface area is 303 Å². The van der Waals surface area contributed by atoms with Crippen LogP contribution >= 0.6 is 0 Å². The molecule has 4 heteroatoms. The van der Waals surface area contributed by atoms with Crippen LogP contribution in [0.3, 0.4) is 0 Å². The number of Topliss-reactive ketones (excluding diaryl/α,β-unsaturated/α-hetero) is 2. The maximum absolute atomic E-state index is 15.4. The van der Waals surface area contributed by atoms with Crippen molar-refractivity contribution < 1.29 is 9.59 Å². The zero-order chi connectivity index (χ0) is 35.3. The zero-order valence-corrected chi connectivity index (χ0v) is 29.2. The smallest absolute Gasteiger partial charge is 0.171 e. The Bertz CT molecular complexity index is 2630. The third kappa shape index (κ3) is 5.30. The maximum Gasteiger partial charge on any atom is 0.171 e. The summed E-state index contributed by atoms with van der Waals surface area (Å²) in [5, 5.41) is 2.24. The molecule has 252 valence electrons. The molecule has 4 nitrogen and oxygen atoms in total. The molecule has 2 aromatic heterocycles. The summed E-state index contributed by atoms with van der Waals surface area (Å²) in [6, 6.07) is 49.3. The highest BCUT2D eigenvalue weighted by Crippen LogP contribution is 2.54. The summed E-state index contributed by atoms with van der Waals surface area (Å²) in [6.07, 6.45) is 2.36. The number of H-pyrrole nitrogens is 2. The van der Waals surface area contributed by atoms with Gasteiger partial charge in [-0.2, -0.15) is 0 Å². The Morgan fingerprint density at radius 2 is 1.23 bits per heavy atom. The summed E-state index contributed by atoms with van der Waals surface area (Å²) in [4.78, 5) is 36.8. The predicted octanol–water partition coefficient (Wildman–Crippen LogP) is 11.0. The Morgan fingerprint density at radius 1 is 0.577 bits per heavy atom. The minimum Gasteiger partial charge on any atom is -0.361 e. The molecule has 0 amide bonds. The lowest BCUT2D eigenvalue weighted by Crippen LogP contribution is -2.23. The molecule has 1 aliphatic carbocycles. The first kappa shape index (κ1) is 31.7. The summed E-state index contributed by atoms with van der Waals surface area (Å²) in [5.41, 5.74) is 13.0. The highest BCUT2D eigenvalue weighted by molar-refractivity contribution is 6.04. The first-order valence-electron chi connectivity index (χ1n) is 18.0. The van der Waals surface area contributed by atoms with Gasteiger partial charge >= 0.3 is 0 Å². The molecular formula is C48H38N2O2.